The van der Waals surface area contributed by atoms with E-state index in [4.69, 9.17) is 5.11 Å². The lowest BCUT2D eigenvalue weighted by Crippen LogP contribution is -1.81. The van der Waals surface area contributed by atoms with Gasteiger partial charge in [-0.2, -0.15) is 0 Å². The Morgan fingerprint density at radius 2 is 2.33 bits per heavy atom. The van der Waals surface area contributed by atoms with Crippen molar-refractivity contribution in [2.45, 2.75) is 6.92 Å². The molecule has 0 fully saturated rings. The van der Waals surface area contributed by atoms with Crippen LogP contribution in [0.25, 0.3) is 0 Å². The van der Waals surface area contributed by atoms with Crippen molar-refractivity contribution in [1.29, 1.82) is 0 Å². The van der Waals surface area contributed by atoms with E-state index in [2.05, 4.69) is 4.99 Å². The zero-order chi connectivity index (χ0) is 6.69. The molecule has 1 rings (SSSR count). The third-order valence-corrected chi connectivity index (χ3v) is 1.10. The van der Waals surface area contributed by atoms with E-state index in [1.165, 1.54) is 6.21 Å². The van der Waals surface area contributed by atoms with E-state index in [1.54, 1.807) is 6.08 Å². The van der Waals surface area contributed by atoms with Gasteiger partial charge in [0.1, 0.15) is 5.76 Å². The van der Waals surface area contributed by atoms with Crippen LogP contribution < -0.4 is 0 Å². The van der Waals surface area contributed by atoms with Crippen molar-refractivity contribution in [3.63, 3.8) is 0 Å². The Kier molecular flexibility index (Phi) is 1.68. The smallest absolute Gasteiger partial charge is 0.133 e. The summed E-state index contributed by atoms with van der Waals surface area (Å²) in [7, 11) is 0. The van der Waals surface area contributed by atoms with Crippen LogP contribution in [0.4, 0.5) is 0 Å². The van der Waals surface area contributed by atoms with Crippen LogP contribution in [0, 0.1) is 0 Å². The molecule has 1 heterocycles. The van der Waals surface area contributed by atoms with Gasteiger partial charge in [-0.25, -0.2) is 0 Å². The molecule has 0 unspecified atom stereocenters. The first kappa shape index (κ1) is 6.08. The third-order valence-electron chi connectivity index (χ3n) is 1.10. The molecule has 0 aromatic carbocycles. The van der Waals surface area contributed by atoms with Gasteiger partial charge in [-0.15, -0.1) is 0 Å². The Hall–Kier alpha value is -1.05. The first-order chi connectivity index (χ1) is 4.29. The SMILES string of the molecule is CC1=CC=C(O)C=NC1. The predicted octanol–water partition coefficient (Wildman–Crippen LogP) is 1.46. The summed E-state index contributed by atoms with van der Waals surface area (Å²) in [6.45, 7) is 2.67. The molecule has 0 saturated carbocycles. The molecular weight excluding hydrogens is 114 g/mol. The van der Waals surface area contributed by atoms with Crippen molar-refractivity contribution < 1.29 is 5.11 Å². The number of rotatable bonds is 0. The molecule has 0 saturated heterocycles. The molecule has 1 aliphatic rings. The van der Waals surface area contributed by atoms with Crippen LogP contribution in [-0.2, 0) is 0 Å². The Morgan fingerprint density at radius 3 is 3.11 bits per heavy atom. The van der Waals surface area contributed by atoms with E-state index < -0.39 is 0 Å². The summed E-state index contributed by atoms with van der Waals surface area (Å²) in [5.74, 6) is 0.229. The summed E-state index contributed by atoms with van der Waals surface area (Å²) in [5, 5.41) is 8.87. The number of hydrogen-bond acceptors (Lipinski definition) is 2. The average molecular weight is 123 g/mol. The van der Waals surface area contributed by atoms with Crippen LogP contribution in [0.3, 0.4) is 0 Å². The molecular formula is C7H9NO. The molecule has 0 aromatic heterocycles. The van der Waals surface area contributed by atoms with Crippen molar-refractivity contribution >= 4 is 6.21 Å². The second-order valence-electron chi connectivity index (χ2n) is 2.07. The first-order valence-electron chi connectivity index (χ1n) is 2.85. The van der Waals surface area contributed by atoms with Gasteiger partial charge in [0.15, 0.2) is 0 Å². The Bertz CT molecular complexity index is 189. The molecule has 1 N–H and O–H groups in total. The van der Waals surface area contributed by atoms with E-state index in [-0.39, 0.29) is 5.76 Å². The fourth-order valence-corrected chi connectivity index (χ4v) is 0.607. The summed E-state index contributed by atoms with van der Waals surface area (Å²) >= 11 is 0. The van der Waals surface area contributed by atoms with Crippen molar-refractivity contribution in [1.82, 2.24) is 0 Å². The van der Waals surface area contributed by atoms with Gasteiger partial charge in [0.25, 0.3) is 0 Å². The van der Waals surface area contributed by atoms with Crippen LogP contribution >= 0.6 is 0 Å². The predicted molar refractivity (Wildman–Crippen MR) is 37.8 cm³/mol. The number of allylic oxidation sites excluding steroid dienone is 3. The maximum atomic E-state index is 8.87. The minimum atomic E-state index is 0.229. The van der Waals surface area contributed by atoms with Gasteiger partial charge in [0.2, 0.25) is 0 Å². The normalized spacial score (nSPS) is 18.3. The minimum absolute atomic E-state index is 0.229. The van der Waals surface area contributed by atoms with Crippen molar-refractivity contribution in [3.8, 4) is 0 Å². The summed E-state index contributed by atoms with van der Waals surface area (Å²) in [5.41, 5.74) is 1.16. The van der Waals surface area contributed by atoms with E-state index in [1.807, 2.05) is 13.0 Å². The second-order valence-corrected chi connectivity index (χ2v) is 2.07. The van der Waals surface area contributed by atoms with Crippen LogP contribution in [0.2, 0.25) is 0 Å². The lowest BCUT2D eigenvalue weighted by atomic mass is 10.3. The monoisotopic (exact) mass is 123 g/mol. The highest BCUT2D eigenvalue weighted by molar-refractivity contribution is 5.76. The van der Waals surface area contributed by atoms with Crippen LogP contribution in [-0.4, -0.2) is 17.9 Å². The Labute approximate surface area is 54.2 Å². The second kappa shape index (κ2) is 2.49. The summed E-state index contributed by atoms with van der Waals surface area (Å²) in [6.07, 6.45) is 4.97. The van der Waals surface area contributed by atoms with Gasteiger partial charge in [-0.3, -0.25) is 4.99 Å². The molecule has 0 bridgehead atoms. The van der Waals surface area contributed by atoms with Crippen molar-refractivity contribution in [3.05, 3.63) is 23.5 Å². The highest BCUT2D eigenvalue weighted by atomic mass is 16.3. The topological polar surface area (TPSA) is 32.6 Å². The molecule has 0 amide bonds. The lowest BCUT2D eigenvalue weighted by molar-refractivity contribution is 0.446. The van der Waals surface area contributed by atoms with Gasteiger partial charge in [0.05, 0.1) is 12.8 Å². The lowest BCUT2D eigenvalue weighted by Gasteiger charge is -1.86. The molecule has 2 heteroatoms. The number of nitrogens with zero attached hydrogens (tertiary/aromatic N) is 1. The molecule has 0 aliphatic carbocycles. The van der Waals surface area contributed by atoms with Gasteiger partial charge in [0, 0.05) is 0 Å². The van der Waals surface area contributed by atoms with E-state index in [0.29, 0.717) is 6.54 Å². The maximum Gasteiger partial charge on any atom is 0.133 e. The van der Waals surface area contributed by atoms with Crippen LogP contribution in [0.5, 0.6) is 0 Å². The maximum absolute atomic E-state index is 8.87. The third kappa shape index (κ3) is 1.72. The Balaban J connectivity index is 2.80. The molecule has 0 spiro atoms. The molecule has 0 atom stereocenters. The molecule has 2 nitrogen and oxygen atoms in total. The van der Waals surface area contributed by atoms with Crippen molar-refractivity contribution in [2.75, 3.05) is 6.54 Å². The molecule has 0 radical (unpaired) electrons. The summed E-state index contributed by atoms with van der Waals surface area (Å²) < 4.78 is 0. The van der Waals surface area contributed by atoms with Crippen LogP contribution in [0.15, 0.2) is 28.5 Å². The van der Waals surface area contributed by atoms with E-state index in [9.17, 15) is 0 Å². The standard InChI is InChI=1S/C7H9NO/c1-6-2-3-7(9)5-8-4-6/h2-3,5,9H,4H2,1H3. The zero-order valence-corrected chi connectivity index (χ0v) is 5.33. The van der Waals surface area contributed by atoms with Crippen LogP contribution in [0.1, 0.15) is 6.92 Å². The fourth-order valence-electron chi connectivity index (χ4n) is 0.607. The fraction of sp³-hybridized carbons (Fsp3) is 0.286. The largest absolute Gasteiger partial charge is 0.506 e. The van der Waals surface area contributed by atoms with E-state index in [0.717, 1.165) is 5.57 Å². The van der Waals surface area contributed by atoms with Gasteiger partial charge >= 0.3 is 0 Å². The number of aliphatic hydroxyl groups is 1. The highest BCUT2D eigenvalue weighted by Crippen LogP contribution is 1.99. The molecule has 0 aromatic rings. The molecule has 9 heavy (non-hydrogen) atoms. The quantitative estimate of drug-likeness (QED) is 0.519. The van der Waals surface area contributed by atoms with Gasteiger partial charge in [-0.1, -0.05) is 11.6 Å². The van der Waals surface area contributed by atoms with Gasteiger partial charge in [-0.05, 0) is 13.0 Å². The average Bonchev–Trinajstić information content (AvgIpc) is 1.97. The zero-order valence-electron chi connectivity index (χ0n) is 5.33. The molecule has 1 aliphatic heterocycles. The number of aliphatic imine (C=N–C) groups is 1. The first-order valence-corrected chi connectivity index (χ1v) is 2.85. The van der Waals surface area contributed by atoms with Crippen molar-refractivity contribution in [2.24, 2.45) is 4.99 Å². The van der Waals surface area contributed by atoms with E-state index >= 15 is 0 Å². The number of hydrogen-bond donors (Lipinski definition) is 1. The minimum Gasteiger partial charge on any atom is -0.506 e. The molecule has 48 valence electrons. The highest BCUT2D eigenvalue weighted by Gasteiger charge is 1.90. The number of aliphatic hydroxyl groups excluding tert-OH is 1. The Morgan fingerprint density at radius 1 is 1.56 bits per heavy atom. The van der Waals surface area contributed by atoms with Gasteiger partial charge < -0.3 is 5.11 Å². The summed E-state index contributed by atoms with van der Waals surface area (Å²) in [6, 6.07) is 0. The summed E-state index contributed by atoms with van der Waals surface area (Å²) in [4.78, 5) is 3.92.